The summed E-state index contributed by atoms with van der Waals surface area (Å²) in [5, 5.41) is 8.85. The van der Waals surface area contributed by atoms with E-state index in [1.165, 1.54) is 11.1 Å². The fraction of sp³-hybridized carbons (Fsp3) is 0.333. The fourth-order valence-corrected chi connectivity index (χ4v) is 2.49. The lowest BCUT2D eigenvalue weighted by molar-refractivity contribution is 0.258. The van der Waals surface area contributed by atoms with Gasteiger partial charge in [0.15, 0.2) is 0 Å². The minimum absolute atomic E-state index is 0.208. The molecular weight excluding hydrogens is 202 g/mol. The van der Waals surface area contributed by atoms with Crippen LogP contribution in [-0.4, -0.2) is 18.2 Å². The Morgan fingerprint density at radius 3 is 2.88 bits per heavy atom. The molecular formula is C12H11N3O. The van der Waals surface area contributed by atoms with E-state index in [9.17, 15) is 0 Å². The average molecular weight is 213 g/mol. The number of hydrogen-bond acceptors (Lipinski definition) is 4. The summed E-state index contributed by atoms with van der Waals surface area (Å²) in [5.74, 6) is 0. The second kappa shape index (κ2) is 2.99. The van der Waals surface area contributed by atoms with Crippen LogP contribution in [0.1, 0.15) is 16.7 Å². The van der Waals surface area contributed by atoms with Gasteiger partial charge in [-0.1, -0.05) is 6.07 Å². The van der Waals surface area contributed by atoms with Crippen LogP contribution in [0.25, 0.3) is 0 Å². The van der Waals surface area contributed by atoms with Crippen LogP contribution < -0.4 is 5.73 Å². The summed E-state index contributed by atoms with van der Waals surface area (Å²) in [7, 11) is 0. The van der Waals surface area contributed by atoms with Gasteiger partial charge in [-0.3, -0.25) is 0 Å². The van der Waals surface area contributed by atoms with E-state index in [1.54, 1.807) is 0 Å². The van der Waals surface area contributed by atoms with Gasteiger partial charge in [0.2, 0.25) is 0 Å². The van der Waals surface area contributed by atoms with Crippen molar-refractivity contribution >= 4 is 6.02 Å². The molecule has 3 rings (SSSR count). The van der Waals surface area contributed by atoms with E-state index in [2.05, 4.69) is 11.1 Å². The monoisotopic (exact) mass is 213 g/mol. The van der Waals surface area contributed by atoms with Crippen molar-refractivity contribution in [2.45, 2.75) is 18.4 Å². The van der Waals surface area contributed by atoms with Gasteiger partial charge >= 0.3 is 0 Å². The van der Waals surface area contributed by atoms with Crippen molar-refractivity contribution in [2.24, 2.45) is 10.7 Å². The first-order valence-corrected chi connectivity index (χ1v) is 5.21. The number of nitrogens with zero attached hydrogens (tertiary/aromatic N) is 2. The molecule has 2 N–H and O–H groups in total. The zero-order chi connectivity index (χ0) is 11.2. The molecule has 80 valence electrons. The Balaban J connectivity index is 1.98. The average Bonchev–Trinajstić information content (AvgIpc) is 2.80. The number of aliphatic imine (C=N–C) groups is 1. The van der Waals surface area contributed by atoms with Crippen LogP contribution in [0.4, 0.5) is 0 Å². The van der Waals surface area contributed by atoms with Crippen molar-refractivity contribution in [1.82, 2.24) is 0 Å². The molecule has 4 heteroatoms. The van der Waals surface area contributed by atoms with E-state index in [0.717, 1.165) is 12.8 Å². The molecule has 1 unspecified atom stereocenters. The van der Waals surface area contributed by atoms with Gasteiger partial charge in [0.1, 0.15) is 12.1 Å². The van der Waals surface area contributed by atoms with Crippen LogP contribution in [0, 0.1) is 11.3 Å². The third-order valence-corrected chi connectivity index (χ3v) is 3.21. The molecule has 4 nitrogen and oxygen atoms in total. The maximum atomic E-state index is 8.85. The summed E-state index contributed by atoms with van der Waals surface area (Å²) in [6.45, 7) is 0.551. The molecule has 0 fully saturated rings. The fourth-order valence-electron chi connectivity index (χ4n) is 2.49. The molecule has 0 saturated heterocycles. The summed E-state index contributed by atoms with van der Waals surface area (Å²) >= 11 is 0. The highest BCUT2D eigenvalue weighted by Crippen LogP contribution is 2.36. The lowest BCUT2D eigenvalue weighted by atomic mass is 9.99. The van der Waals surface area contributed by atoms with E-state index < -0.39 is 0 Å². The highest BCUT2D eigenvalue weighted by molar-refractivity contribution is 5.74. The van der Waals surface area contributed by atoms with Gasteiger partial charge < -0.3 is 10.5 Å². The first kappa shape index (κ1) is 9.22. The Kier molecular flexibility index (Phi) is 1.72. The lowest BCUT2D eigenvalue weighted by Gasteiger charge is -2.15. The maximum Gasteiger partial charge on any atom is 0.282 e. The number of ether oxygens (including phenoxy) is 1. The number of nitriles is 1. The molecule has 1 heterocycles. The molecule has 2 aliphatic rings. The molecule has 1 spiro atoms. The quantitative estimate of drug-likeness (QED) is 0.691. The minimum atomic E-state index is -0.208. The third-order valence-electron chi connectivity index (χ3n) is 3.21. The summed E-state index contributed by atoms with van der Waals surface area (Å²) in [4.78, 5) is 4.38. The second-order valence-electron chi connectivity index (χ2n) is 4.41. The highest BCUT2D eigenvalue weighted by Gasteiger charge is 2.41. The zero-order valence-corrected chi connectivity index (χ0v) is 8.73. The van der Waals surface area contributed by atoms with Gasteiger partial charge in [0.05, 0.1) is 11.6 Å². The van der Waals surface area contributed by atoms with Crippen LogP contribution >= 0.6 is 0 Å². The van der Waals surface area contributed by atoms with Crippen LogP contribution in [0.3, 0.4) is 0 Å². The van der Waals surface area contributed by atoms with Crippen LogP contribution in [0.2, 0.25) is 0 Å². The Hall–Kier alpha value is -2.02. The largest absolute Gasteiger partial charge is 0.463 e. The number of rotatable bonds is 0. The van der Waals surface area contributed by atoms with Crippen LogP contribution in [-0.2, 0) is 17.6 Å². The molecule has 1 aromatic rings. The first-order chi connectivity index (χ1) is 7.71. The maximum absolute atomic E-state index is 8.85. The van der Waals surface area contributed by atoms with E-state index in [1.807, 2.05) is 18.2 Å². The van der Waals surface area contributed by atoms with Crippen molar-refractivity contribution in [3.63, 3.8) is 0 Å². The topological polar surface area (TPSA) is 71.4 Å². The van der Waals surface area contributed by atoms with E-state index in [-0.39, 0.29) is 11.6 Å². The van der Waals surface area contributed by atoms with Crippen molar-refractivity contribution in [2.75, 3.05) is 6.61 Å². The van der Waals surface area contributed by atoms with E-state index in [0.29, 0.717) is 12.2 Å². The van der Waals surface area contributed by atoms with Crippen molar-refractivity contribution in [3.8, 4) is 6.07 Å². The summed E-state index contributed by atoms with van der Waals surface area (Å²) in [6.07, 6.45) is 1.67. The summed E-state index contributed by atoms with van der Waals surface area (Å²) in [5.41, 5.74) is 8.49. The Labute approximate surface area is 93.4 Å². The molecule has 0 bridgehead atoms. The normalized spacial score (nSPS) is 26.1. The standard InChI is InChI=1S/C12H11N3O/c13-6-8-1-2-9-4-12(5-10(9)3-8)7-16-11(14)15-12/h1-3H,4-5,7H2,(H2,14,15). The van der Waals surface area contributed by atoms with Crippen LogP contribution in [0.15, 0.2) is 23.2 Å². The molecule has 0 radical (unpaired) electrons. The number of nitrogens with two attached hydrogens (primary N) is 1. The molecule has 1 aromatic carbocycles. The first-order valence-electron chi connectivity index (χ1n) is 5.21. The van der Waals surface area contributed by atoms with E-state index >= 15 is 0 Å². The molecule has 1 aliphatic heterocycles. The summed E-state index contributed by atoms with van der Waals surface area (Å²) in [6, 6.07) is 8.23. The van der Waals surface area contributed by atoms with Gasteiger partial charge in [-0.15, -0.1) is 0 Å². The third kappa shape index (κ3) is 1.25. The van der Waals surface area contributed by atoms with Gasteiger partial charge in [0, 0.05) is 12.8 Å². The van der Waals surface area contributed by atoms with Gasteiger partial charge in [-0.25, -0.2) is 4.99 Å². The smallest absolute Gasteiger partial charge is 0.282 e. The van der Waals surface area contributed by atoms with Gasteiger partial charge in [-0.05, 0) is 23.3 Å². The van der Waals surface area contributed by atoms with Gasteiger partial charge in [0.25, 0.3) is 6.02 Å². The van der Waals surface area contributed by atoms with Gasteiger partial charge in [-0.2, -0.15) is 5.26 Å². The number of fused-ring (bicyclic) bond motifs is 1. The number of hydrogen-bond donors (Lipinski definition) is 1. The van der Waals surface area contributed by atoms with E-state index in [4.69, 9.17) is 15.7 Å². The molecule has 0 amide bonds. The van der Waals surface area contributed by atoms with Crippen molar-refractivity contribution in [3.05, 3.63) is 34.9 Å². The molecule has 1 aliphatic carbocycles. The van der Waals surface area contributed by atoms with Crippen molar-refractivity contribution in [1.29, 1.82) is 5.26 Å². The highest BCUT2D eigenvalue weighted by atomic mass is 16.5. The Bertz CT molecular complexity index is 530. The SMILES string of the molecule is N#Cc1ccc2c(c1)CC1(COC(N)=N1)C2. The number of benzene rings is 1. The summed E-state index contributed by atoms with van der Waals surface area (Å²) < 4.78 is 5.24. The lowest BCUT2D eigenvalue weighted by Crippen LogP contribution is -2.28. The number of amidine groups is 1. The van der Waals surface area contributed by atoms with Crippen LogP contribution in [0.5, 0.6) is 0 Å². The second-order valence-corrected chi connectivity index (χ2v) is 4.41. The molecule has 1 atom stereocenters. The predicted octanol–water partition coefficient (Wildman–Crippen LogP) is 0.741. The minimum Gasteiger partial charge on any atom is -0.463 e. The Morgan fingerprint density at radius 1 is 1.38 bits per heavy atom. The predicted molar refractivity (Wildman–Crippen MR) is 58.9 cm³/mol. The van der Waals surface area contributed by atoms with Crippen molar-refractivity contribution < 1.29 is 4.74 Å². The Morgan fingerprint density at radius 2 is 2.19 bits per heavy atom. The molecule has 0 saturated carbocycles. The molecule has 16 heavy (non-hydrogen) atoms. The zero-order valence-electron chi connectivity index (χ0n) is 8.73. The molecule has 0 aromatic heterocycles.